The lowest BCUT2D eigenvalue weighted by atomic mass is 10.4. The molecule has 0 atom stereocenters. The lowest BCUT2D eigenvalue weighted by molar-refractivity contribution is 0.147. The third-order valence-corrected chi connectivity index (χ3v) is 9.12. The molecule has 15 heteroatoms. The standard InChI is InChI=1S/C20H30N4O8S3/c21-7-11-31-13-9-23-34(27,28)19-5-1-3-17(15-19)33(25,26)18-4-2-6-20(16-18)35(29,30)24-10-14-32-12-8-22/h1-6,15-16,23-24H,7-14,21-22H2. The highest BCUT2D eigenvalue weighted by molar-refractivity contribution is 7.92. The Morgan fingerprint density at radius 3 is 1.34 bits per heavy atom. The Morgan fingerprint density at radius 1 is 0.600 bits per heavy atom. The van der Waals surface area contributed by atoms with Gasteiger partial charge in [0.25, 0.3) is 0 Å². The number of sulfone groups is 1. The van der Waals surface area contributed by atoms with Crippen LogP contribution >= 0.6 is 0 Å². The van der Waals surface area contributed by atoms with E-state index in [-0.39, 0.29) is 59.1 Å². The lowest BCUT2D eigenvalue weighted by Crippen LogP contribution is -2.28. The molecule has 0 aromatic heterocycles. The Labute approximate surface area is 206 Å². The first-order chi connectivity index (χ1) is 16.5. The van der Waals surface area contributed by atoms with Crippen LogP contribution in [0.15, 0.2) is 68.1 Å². The highest BCUT2D eigenvalue weighted by atomic mass is 32.2. The first kappa shape index (κ1) is 29.3. The van der Waals surface area contributed by atoms with Gasteiger partial charge in [-0.3, -0.25) is 0 Å². The van der Waals surface area contributed by atoms with Crippen molar-refractivity contribution in [2.45, 2.75) is 19.6 Å². The molecule has 0 aliphatic heterocycles. The molecule has 2 rings (SSSR count). The maximum atomic E-state index is 13.2. The Balaban J connectivity index is 2.22. The van der Waals surface area contributed by atoms with E-state index >= 15 is 0 Å². The summed E-state index contributed by atoms with van der Waals surface area (Å²) in [6.07, 6.45) is 0. The fourth-order valence-electron chi connectivity index (χ4n) is 2.79. The van der Waals surface area contributed by atoms with E-state index in [2.05, 4.69) is 9.44 Å². The Bertz CT molecular complexity index is 1190. The number of ether oxygens (including phenoxy) is 2. The lowest BCUT2D eigenvalue weighted by Gasteiger charge is -2.11. The van der Waals surface area contributed by atoms with E-state index in [4.69, 9.17) is 20.9 Å². The molecule has 0 heterocycles. The summed E-state index contributed by atoms with van der Waals surface area (Å²) in [4.78, 5) is -1.14. The molecule has 0 aliphatic rings. The van der Waals surface area contributed by atoms with Crippen molar-refractivity contribution in [2.75, 3.05) is 52.6 Å². The summed E-state index contributed by atoms with van der Waals surface area (Å²) >= 11 is 0. The average molecular weight is 551 g/mol. The van der Waals surface area contributed by atoms with Crippen LogP contribution in [0.2, 0.25) is 0 Å². The minimum Gasteiger partial charge on any atom is -0.379 e. The second kappa shape index (κ2) is 13.4. The number of sulfonamides is 2. The zero-order chi connectivity index (χ0) is 26.0. The molecule has 2 aromatic rings. The summed E-state index contributed by atoms with van der Waals surface area (Å²) in [6, 6.07) is 9.55. The Hall–Kier alpha value is -1.95. The number of nitrogens with two attached hydrogens (primary N) is 2. The number of rotatable bonds is 16. The smallest absolute Gasteiger partial charge is 0.240 e. The summed E-state index contributed by atoms with van der Waals surface area (Å²) in [6.45, 7) is 1.31. The molecule has 2 aromatic carbocycles. The Morgan fingerprint density at radius 2 is 0.971 bits per heavy atom. The fraction of sp³-hybridized carbons (Fsp3) is 0.400. The molecule has 0 amide bonds. The molecule has 0 radical (unpaired) electrons. The van der Waals surface area contributed by atoms with Crippen molar-refractivity contribution in [3.05, 3.63) is 48.5 Å². The van der Waals surface area contributed by atoms with Crippen molar-refractivity contribution in [3.8, 4) is 0 Å². The minimum absolute atomic E-state index is 0.0243. The predicted octanol–water partition coefficient (Wildman–Crippen LogP) is -0.973. The summed E-state index contributed by atoms with van der Waals surface area (Å²) < 4.78 is 91.4. The van der Waals surface area contributed by atoms with Gasteiger partial charge in [-0.1, -0.05) is 12.1 Å². The summed E-state index contributed by atoms with van der Waals surface area (Å²) in [5.74, 6) is 0. The first-order valence-corrected chi connectivity index (χ1v) is 15.0. The van der Waals surface area contributed by atoms with Crippen molar-refractivity contribution in [2.24, 2.45) is 11.5 Å². The van der Waals surface area contributed by atoms with Crippen molar-refractivity contribution < 1.29 is 34.7 Å². The molecular formula is C20H30N4O8S3. The van der Waals surface area contributed by atoms with Gasteiger partial charge in [0.1, 0.15) is 0 Å². The van der Waals surface area contributed by atoms with Crippen LogP contribution in [0.4, 0.5) is 0 Å². The van der Waals surface area contributed by atoms with Gasteiger partial charge in [0.05, 0.1) is 46.0 Å². The summed E-state index contributed by atoms with van der Waals surface area (Å²) in [7, 11) is -12.3. The third-order valence-electron chi connectivity index (χ3n) is 4.45. The van der Waals surface area contributed by atoms with Crippen LogP contribution in [0, 0.1) is 0 Å². The van der Waals surface area contributed by atoms with Gasteiger partial charge >= 0.3 is 0 Å². The molecule has 196 valence electrons. The van der Waals surface area contributed by atoms with Crippen LogP contribution in [0.5, 0.6) is 0 Å². The second-order valence-electron chi connectivity index (χ2n) is 7.05. The highest BCUT2D eigenvalue weighted by Crippen LogP contribution is 2.25. The fourth-order valence-corrected chi connectivity index (χ4v) is 6.41. The normalized spacial score (nSPS) is 12.6. The summed E-state index contributed by atoms with van der Waals surface area (Å²) in [5.41, 5.74) is 10.6. The van der Waals surface area contributed by atoms with E-state index in [9.17, 15) is 25.3 Å². The van der Waals surface area contributed by atoms with Gasteiger partial charge in [0.2, 0.25) is 29.9 Å². The monoisotopic (exact) mass is 550 g/mol. The van der Waals surface area contributed by atoms with Crippen molar-refractivity contribution in [3.63, 3.8) is 0 Å². The first-order valence-electron chi connectivity index (χ1n) is 10.5. The molecule has 0 spiro atoms. The van der Waals surface area contributed by atoms with Crippen molar-refractivity contribution >= 4 is 29.9 Å². The van der Waals surface area contributed by atoms with Gasteiger partial charge in [0.15, 0.2) is 0 Å². The molecule has 35 heavy (non-hydrogen) atoms. The number of benzene rings is 2. The predicted molar refractivity (Wildman–Crippen MR) is 128 cm³/mol. The SMILES string of the molecule is NCCOCCNS(=O)(=O)c1cccc(S(=O)(=O)c2cccc(S(=O)(=O)NCCOCCN)c2)c1. The van der Waals surface area contributed by atoms with Crippen molar-refractivity contribution in [1.82, 2.24) is 9.44 Å². The Kier molecular flexibility index (Phi) is 11.2. The molecule has 12 nitrogen and oxygen atoms in total. The minimum atomic E-state index is -4.23. The molecule has 6 N–H and O–H groups in total. The molecule has 0 aliphatic carbocycles. The highest BCUT2D eigenvalue weighted by Gasteiger charge is 2.23. The van der Waals surface area contributed by atoms with Gasteiger partial charge in [-0.2, -0.15) is 0 Å². The van der Waals surface area contributed by atoms with Gasteiger partial charge in [-0.25, -0.2) is 34.7 Å². The zero-order valence-corrected chi connectivity index (χ0v) is 21.4. The maximum absolute atomic E-state index is 13.2. The third kappa shape index (κ3) is 8.59. The quantitative estimate of drug-likeness (QED) is 0.189. The van der Waals surface area contributed by atoms with Gasteiger partial charge in [-0.05, 0) is 36.4 Å². The van der Waals surface area contributed by atoms with E-state index in [0.717, 1.165) is 12.1 Å². The maximum Gasteiger partial charge on any atom is 0.240 e. The molecule has 0 fully saturated rings. The van der Waals surface area contributed by atoms with E-state index in [1.165, 1.54) is 36.4 Å². The van der Waals surface area contributed by atoms with Crippen LogP contribution in [0.1, 0.15) is 0 Å². The number of nitrogens with one attached hydrogen (secondary N) is 2. The van der Waals surface area contributed by atoms with Crippen LogP contribution in [0.25, 0.3) is 0 Å². The van der Waals surface area contributed by atoms with E-state index in [0.29, 0.717) is 13.1 Å². The number of hydrogen-bond acceptors (Lipinski definition) is 10. The van der Waals surface area contributed by atoms with Gasteiger partial charge < -0.3 is 20.9 Å². The molecule has 0 unspecified atom stereocenters. The zero-order valence-electron chi connectivity index (χ0n) is 18.9. The van der Waals surface area contributed by atoms with E-state index < -0.39 is 29.9 Å². The molecular weight excluding hydrogens is 520 g/mol. The average Bonchev–Trinajstić information content (AvgIpc) is 2.84. The number of hydrogen-bond donors (Lipinski definition) is 4. The van der Waals surface area contributed by atoms with E-state index in [1.54, 1.807) is 0 Å². The second-order valence-corrected chi connectivity index (χ2v) is 12.5. The van der Waals surface area contributed by atoms with Crippen LogP contribution < -0.4 is 20.9 Å². The molecule has 0 bridgehead atoms. The van der Waals surface area contributed by atoms with Gasteiger partial charge in [-0.15, -0.1) is 0 Å². The van der Waals surface area contributed by atoms with Crippen LogP contribution in [0.3, 0.4) is 0 Å². The van der Waals surface area contributed by atoms with Crippen molar-refractivity contribution in [1.29, 1.82) is 0 Å². The molecule has 0 saturated carbocycles. The topological polar surface area (TPSA) is 197 Å². The van der Waals surface area contributed by atoms with E-state index in [1.807, 2.05) is 0 Å². The van der Waals surface area contributed by atoms with Crippen LogP contribution in [-0.4, -0.2) is 77.9 Å². The molecule has 0 saturated heterocycles. The summed E-state index contributed by atoms with van der Waals surface area (Å²) in [5, 5.41) is 0. The van der Waals surface area contributed by atoms with Gasteiger partial charge in [0, 0.05) is 26.2 Å². The van der Waals surface area contributed by atoms with Crippen LogP contribution in [-0.2, 0) is 39.4 Å². The largest absolute Gasteiger partial charge is 0.379 e.